The van der Waals surface area contributed by atoms with E-state index < -0.39 is 11.7 Å². The Bertz CT molecular complexity index is 550. The van der Waals surface area contributed by atoms with Crippen LogP contribution < -0.4 is 0 Å². The fraction of sp³-hybridized carbons (Fsp3) is 0.231. The van der Waals surface area contributed by atoms with Crippen molar-refractivity contribution in [3.63, 3.8) is 0 Å². The average Bonchev–Trinajstić information content (AvgIpc) is 2.38. The molecule has 0 N–H and O–H groups in total. The molecule has 0 spiro atoms. The minimum atomic E-state index is -4.34. The van der Waals surface area contributed by atoms with E-state index in [1.807, 2.05) is 6.92 Å². The summed E-state index contributed by atoms with van der Waals surface area (Å²) < 4.78 is 37.8. The number of hydrogen-bond acceptors (Lipinski definition) is 2. The lowest BCUT2D eigenvalue weighted by molar-refractivity contribution is -0.137. The van der Waals surface area contributed by atoms with Gasteiger partial charge in [0.15, 0.2) is 0 Å². The summed E-state index contributed by atoms with van der Waals surface area (Å²) in [6.07, 6.45) is -1.97. The predicted octanol–water partition coefficient (Wildman–Crippen LogP) is 3.72. The van der Waals surface area contributed by atoms with Crippen LogP contribution in [-0.2, 0) is 12.6 Å². The fourth-order valence-corrected chi connectivity index (χ4v) is 1.60. The van der Waals surface area contributed by atoms with Crippen LogP contribution in [-0.4, -0.2) is 10.2 Å². The second-order valence-corrected chi connectivity index (χ2v) is 3.88. The lowest BCUT2D eigenvalue weighted by atomic mass is 10.1. The summed E-state index contributed by atoms with van der Waals surface area (Å²) in [5, 5.41) is 7.66. The highest BCUT2D eigenvalue weighted by Crippen LogP contribution is 2.31. The standard InChI is InChI=1S/C13H11F3N2/c1-2-9-6-12(18-17-8-9)10-4-3-5-11(7-10)13(14,15)16/h3-8H,2H2,1H3. The van der Waals surface area contributed by atoms with Gasteiger partial charge in [0.2, 0.25) is 0 Å². The normalized spacial score (nSPS) is 11.6. The van der Waals surface area contributed by atoms with Crippen LogP contribution in [0.25, 0.3) is 11.3 Å². The van der Waals surface area contributed by atoms with E-state index >= 15 is 0 Å². The number of hydrogen-bond donors (Lipinski definition) is 0. The molecular weight excluding hydrogens is 241 g/mol. The van der Waals surface area contributed by atoms with Crippen molar-refractivity contribution in [2.45, 2.75) is 19.5 Å². The zero-order chi connectivity index (χ0) is 13.2. The first kappa shape index (κ1) is 12.5. The Morgan fingerprint density at radius 2 is 1.94 bits per heavy atom. The van der Waals surface area contributed by atoms with Crippen LogP contribution in [0.3, 0.4) is 0 Å². The number of rotatable bonds is 2. The summed E-state index contributed by atoms with van der Waals surface area (Å²) in [4.78, 5) is 0. The molecule has 0 amide bonds. The van der Waals surface area contributed by atoms with Crippen LogP contribution in [0, 0.1) is 0 Å². The summed E-state index contributed by atoms with van der Waals surface area (Å²) in [6, 6.07) is 6.85. The van der Waals surface area contributed by atoms with Crippen molar-refractivity contribution in [3.05, 3.63) is 47.7 Å². The molecule has 1 heterocycles. The monoisotopic (exact) mass is 252 g/mol. The van der Waals surface area contributed by atoms with Gasteiger partial charge < -0.3 is 0 Å². The molecule has 0 saturated heterocycles. The summed E-state index contributed by atoms with van der Waals surface area (Å²) in [6.45, 7) is 1.95. The molecule has 2 rings (SSSR count). The molecule has 2 nitrogen and oxygen atoms in total. The van der Waals surface area contributed by atoms with E-state index in [-0.39, 0.29) is 0 Å². The molecule has 0 atom stereocenters. The fourth-order valence-electron chi connectivity index (χ4n) is 1.60. The molecule has 0 unspecified atom stereocenters. The lowest BCUT2D eigenvalue weighted by Crippen LogP contribution is -2.04. The number of aryl methyl sites for hydroxylation is 1. The van der Waals surface area contributed by atoms with Crippen LogP contribution in [0.1, 0.15) is 18.1 Å². The highest BCUT2D eigenvalue weighted by Gasteiger charge is 2.30. The van der Waals surface area contributed by atoms with Crippen molar-refractivity contribution < 1.29 is 13.2 Å². The number of alkyl halides is 3. The Morgan fingerprint density at radius 3 is 2.61 bits per heavy atom. The molecule has 0 bridgehead atoms. The highest BCUT2D eigenvalue weighted by atomic mass is 19.4. The maximum absolute atomic E-state index is 12.6. The van der Waals surface area contributed by atoms with Crippen LogP contribution in [0.15, 0.2) is 36.5 Å². The van der Waals surface area contributed by atoms with E-state index in [2.05, 4.69) is 10.2 Å². The average molecular weight is 252 g/mol. The number of nitrogens with zero attached hydrogens (tertiary/aromatic N) is 2. The van der Waals surface area contributed by atoms with Gasteiger partial charge in [-0.15, -0.1) is 0 Å². The summed E-state index contributed by atoms with van der Waals surface area (Å²) in [5.74, 6) is 0. The van der Waals surface area contributed by atoms with E-state index in [0.717, 1.165) is 24.1 Å². The largest absolute Gasteiger partial charge is 0.416 e. The highest BCUT2D eigenvalue weighted by molar-refractivity contribution is 5.60. The van der Waals surface area contributed by atoms with Crippen molar-refractivity contribution in [2.24, 2.45) is 0 Å². The summed E-state index contributed by atoms with van der Waals surface area (Å²) >= 11 is 0. The molecule has 0 radical (unpaired) electrons. The molecule has 2 aromatic rings. The van der Waals surface area contributed by atoms with Gasteiger partial charge in [-0.3, -0.25) is 0 Å². The smallest absolute Gasteiger partial charge is 0.166 e. The van der Waals surface area contributed by atoms with E-state index in [4.69, 9.17) is 0 Å². The van der Waals surface area contributed by atoms with Gasteiger partial charge in [-0.05, 0) is 30.2 Å². The number of halogens is 3. The van der Waals surface area contributed by atoms with E-state index in [1.54, 1.807) is 18.3 Å². The number of benzene rings is 1. The second-order valence-electron chi connectivity index (χ2n) is 3.88. The van der Waals surface area contributed by atoms with E-state index in [9.17, 15) is 13.2 Å². The second kappa shape index (κ2) is 4.76. The molecule has 0 aliphatic heterocycles. The van der Waals surface area contributed by atoms with Gasteiger partial charge in [0.05, 0.1) is 17.5 Å². The minimum absolute atomic E-state index is 0.424. The molecule has 94 valence electrons. The Kier molecular flexibility index (Phi) is 3.32. The topological polar surface area (TPSA) is 25.8 Å². The van der Waals surface area contributed by atoms with E-state index in [1.165, 1.54) is 6.07 Å². The first-order valence-electron chi connectivity index (χ1n) is 5.50. The molecule has 1 aromatic carbocycles. The minimum Gasteiger partial charge on any atom is -0.166 e. The SMILES string of the molecule is CCc1cnnc(-c2cccc(C(F)(F)F)c2)c1. The van der Waals surface area contributed by atoms with Gasteiger partial charge in [-0.25, -0.2) is 0 Å². The van der Waals surface area contributed by atoms with Crippen LogP contribution in [0.5, 0.6) is 0 Å². The van der Waals surface area contributed by atoms with Gasteiger partial charge >= 0.3 is 6.18 Å². The molecule has 0 fully saturated rings. The van der Waals surface area contributed by atoms with Crippen molar-refractivity contribution in [3.8, 4) is 11.3 Å². The zero-order valence-corrected chi connectivity index (χ0v) is 9.70. The molecule has 1 aromatic heterocycles. The Balaban J connectivity index is 2.44. The van der Waals surface area contributed by atoms with Gasteiger partial charge in [-0.1, -0.05) is 19.1 Å². The van der Waals surface area contributed by atoms with Gasteiger partial charge in [0.25, 0.3) is 0 Å². The van der Waals surface area contributed by atoms with E-state index in [0.29, 0.717) is 11.3 Å². The van der Waals surface area contributed by atoms with Gasteiger partial charge in [0, 0.05) is 5.56 Å². The quantitative estimate of drug-likeness (QED) is 0.814. The summed E-state index contributed by atoms with van der Waals surface area (Å²) in [5.41, 5.74) is 1.15. The van der Waals surface area contributed by atoms with Crippen molar-refractivity contribution in [1.82, 2.24) is 10.2 Å². The maximum atomic E-state index is 12.6. The molecular formula is C13H11F3N2. The van der Waals surface area contributed by atoms with Crippen molar-refractivity contribution in [1.29, 1.82) is 0 Å². The van der Waals surface area contributed by atoms with Crippen molar-refractivity contribution >= 4 is 0 Å². The maximum Gasteiger partial charge on any atom is 0.416 e. The third-order valence-electron chi connectivity index (χ3n) is 2.61. The molecule has 0 saturated carbocycles. The third kappa shape index (κ3) is 2.67. The Labute approximate surface area is 102 Å². The van der Waals surface area contributed by atoms with Crippen LogP contribution in [0.4, 0.5) is 13.2 Å². The number of aromatic nitrogens is 2. The van der Waals surface area contributed by atoms with Crippen LogP contribution >= 0.6 is 0 Å². The predicted molar refractivity (Wildman–Crippen MR) is 61.8 cm³/mol. The first-order valence-corrected chi connectivity index (χ1v) is 5.50. The summed E-state index contributed by atoms with van der Waals surface area (Å²) in [7, 11) is 0. The molecule has 0 aliphatic rings. The van der Waals surface area contributed by atoms with Crippen molar-refractivity contribution in [2.75, 3.05) is 0 Å². The Hall–Kier alpha value is -1.91. The molecule has 18 heavy (non-hydrogen) atoms. The van der Waals surface area contributed by atoms with Gasteiger partial charge in [0.1, 0.15) is 0 Å². The molecule has 5 heteroatoms. The third-order valence-corrected chi connectivity index (χ3v) is 2.61. The Morgan fingerprint density at radius 1 is 1.17 bits per heavy atom. The molecule has 0 aliphatic carbocycles. The van der Waals surface area contributed by atoms with Gasteiger partial charge in [-0.2, -0.15) is 23.4 Å². The lowest BCUT2D eigenvalue weighted by Gasteiger charge is -2.08. The van der Waals surface area contributed by atoms with Crippen LogP contribution in [0.2, 0.25) is 0 Å². The zero-order valence-electron chi connectivity index (χ0n) is 9.70. The first-order chi connectivity index (χ1) is 8.50.